The predicted octanol–water partition coefficient (Wildman–Crippen LogP) is 5.13. The molecule has 2 aromatic rings. The zero-order valence-electron chi connectivity index (χ0n) is 17.0. The minimum absolute atomic E-state index is 0.574. The molecule has 2 atom stereocenters. The molecule has 0 bridgehead atoms. The van der Waals surface area contributed by atoms with Crippen LogP contribution in [0.15, 0.2) is 48.8 Å². The first-order chi connectivity index (χ1) is 13.1. The lowest BCUT2D eigenvalue weighted by molar-refractivity contribution is -0.0797. The molecule has 1 aromatic heterocycles. The van der Waals surface area contributed by atoms with Gasteiger partial charge in [0.15, 0.2) is 0 Å². The number of halogens is 1. The third-order valence-corrected chi connectivity index (χ3v) is 4.66. The van der Waals surface area contributed by atoms with Crippen molar-refractivity contribution in [2.24, 2.45) is 0 Å². The van der Waals surface area contributed by atoms with E-state index < -0.39 is 36.2 Å². The Morgan fingerprint density at radius 2 is 1.89 bits per heavy atom. The lowest BCUT2D eigenvalue weighted by atomic mass is 9.99. The topological polar surface area (TPSA) is 51.7 Å². The highest BCUT2D eigenvalue weighted by Crippen LogP contribution is 2.42. The van der Waals surface area contributed by atoms with E-state index in [1.165, 1.54) is 4.90 Å². The summed E-state index contributed by atoms with van der Waals surface area (Å²) in [5.41, 5.74) is 1.17. The van der Waals surface area contributed by atoms with Crippen molar-refractivity contribution in [3.05, 3.63) is 54.4 Å². The van der Waals surface area contributed by atoms with Crippen molar-refractivity contribution in [1.29, 1.82) is 0 Å². The molecule has 1 aromatic carbocycles. The van der Waals surface area contributed by atoms with Crippen LogP contribution in [0.4, 0.5) is 9.18 Å². The summed E-state index contributed by atoms with van der Waals surface area (Å²) >= 11 is 0. The number of carbonyl (C=O) groups is 1. The fourth-order valence-corrected chi connectivity index (χ4v) is 3.49. The monoisotopic (exact) mass is 386 g/mol. The number of amides is 1. The SMILES string of the molecule is CC(C)(C)OC(=O)N1C(CF)C(c2ccc(-c3cccnc3)cc2)OC1(C)C. The van der Waals surface area contributed by atoms with Gasteiger partial charge in [-0.15, -0.1) is 0 Å². The lowest BCUT2D eigenvalue weighted by Crippen LogP contribution is -2.50. The average molecular weight is 386 g/mol. The van der Waals surface area contributed by atoms with E-state index in [4.69, 9.17) is 9.47 Å². The highest BCUT2D eigenvalue weighted by atomic mass is 19.1. The number of aromatic nitrogens is 1. The largest absolute Gasteiger partial charge is 0.444 e. The maximum Gasteiger partial charge on any atom is 0.413 e. The molecule has 5 nitrogen and oxygen atoms in total. The Kier molecular flexibility index (Phi) is 5.44. The Bertz CT molecular complexity index is 816. The van der Waals surface area contributed by atoms with Gasteiger partial charge in [-0.25, -0.2) is 9.18 Å². The van der Waals surface area contributed by atoms with Crippen molar-refractivity contribution in [1.82, 2.24) is 9.88 Å². The molecular formula is C22H27FN2O3. The van der Waals surface area contributed by atoms with Gasteiger partial charge in [0.1, 0.15) is 24.1 Å². The van der Waals surface area contributed by atoms with Gasteiger partial charge in [-0.05, 0) is 57.4 Å². The van der Waals surface area contributed by atoms with Crippen LogP contribution < -0.4 is 0 Å². The fourth-order valence-electron chi connectivity index (χ4n) is 3.49. The summed E-state index contributed by atoms with van der Waals surface area (Å²) in [7, 11) is 0. The Balaban J connectivity index is 1.87. The number of nitrogens with zero attached hydrogens (tertiary/aromatic N) is 2. The minimum atomic E-state index is -0.980. The molecule has 6 heteroatoms. The van der Waals surface area contributed by atoms with Crippen LogP contribution in [0.2, 0.25) is 0 Å². The molecule has 1 aliphatic heterocycles. The molecule has 28 heavy (non-hydrogen) atoms. The van der Waals surface area contributed by atoms with E-state index in [9.17, 15) is 9.18 Å². The Morgan fingerprint density at radius 3 is 2.43 bits per heavy atom. The molecule has 0 radical (unpaired) electrons. The maximum atomic E-state index is 14.0. The molecule has 2 heterocycles. The van der Waals surface area contributed by atoms with Gasteiger partial charge in [0, 0.05) is 12.4 Å². The summed E-state index contributed by atoms with van der Waals surface area (Å²) in [6.07, 6.45) is 2.37. The molecule has 150 valence electrons. The first kappa shape index (κ1) is 20.3. The average Bonchev–Trinajstić information content (AvgIpc) is 2.92. The zero-order chi connectivity index (χ0) is 20.5. The van der Waals surface area contributed by atoms with E-state index in [1.54, 1.807) is 47.0 Å². The van der Waals surface area contributed by atoms with Gasteiger partial charge in [0.05, 0.1) is 6.04 Å². The third kappa shape index (κ3) is 4.17. The lowest BCUT2D eigenvalue weighted by Gasteiger charge is -2.34. The van der Waals surface area contributed by atoms with E-state index in [-0.39, 0.29) is 0 Å². The first-order valence-corrected chi connectivity index (χ1v) is 9.39. The number of carbonyl (C=O) groups excluding carboxylic acids is 1. The van der Waals surface area contributed by atoms with E-state index in [0.717, 1.165) is 16.7 Å². The molecule has 3 rings (SSSR count). The van der Waals surface area contributed by atoms with Gasteiger partial charge in [-0.2, -0.15) is 0 Å². The molecule has 2 unspecified atom stereocenters. The summed E-state index contributed by atoms with van der Waals surface area (Å²) in [4.78, 5) is 18.2. The van der Waals surface area contributed by atoms with E-state index >= 15 is 0 Å². The first-order valence-electron chi connectivity index (χ1n) is 9.39. The Labute approximate surface area is 165 Å². The van der Waals surface area contributed by atoms with E-state index in [1.807, 2.05) is 36.4 Å². The quantitative estimate of drug-likeness (QED) is 0.734. The smallest absolute Gasteiger partial charge is 0.413 e. The molecule has 0 aliphatic carbocycles. The molecule has 1 fully saturated rings. The van der Waals surface area contributed by atoms with Crippen LogP contribution in [-0.4, -0.2) is 40.0 Å². The second-order valence-electron chi connectivity index (χ2n) is 8.42. The summed E-state index contributed by atoms with van der Waals surface area (Å²) < 4.78 is 25.6. The van der Waals surface area contributed by atoms with Gasteiger partial charge < -0.3 is 9.47 Å². The van der Waals surface area contributed by atoms with Gasteiger partial charge in [0.25, 0.3) is 0 Å². The van der Waals surface area contributed by atoms with Crippen molar-refractivity contribution in [2.75, 3.05) is 6.67 Å². The molecular weight excluding hydrogens is 359 g/mol. The molecule has 1 aliphatic rings. The highest BCUT2D eigenvalue weighted by molar-refractivity contribution is 5.70. The van der Waals surface area contributed by atoms with Gasteiger partial charge in [-0.1, -0.05) is 30.3 Å². The van der Waals surface area contributed by atoms with Crippen molar-refractivity contribution in [3.63, 3.8) is 0 Å². The van der Waals surface area contributed by atoms with Crippen LogP contribution in [0.1, 0.15) is 46.3 Å². The number of alkyl halides is 1. The van der Waals surface area contributed by atoms with E-state index in [0.29, 0.717) is 0 Å². The second-order valence-corrected chi connectivity index (χ2v) is 8.42. The molecule has 0 saturated carbocycles. The standard InChI is InChI=1S/C22H27FN2O3/c1-21(2,3)28-20(26)25-18(13-23)19(27-22(25,4)5)16-10-8-15(9-11-16)17-7-6-12-24-14-17/h6-12,14,18-19H,13H2,1-5H3. The molecule has 1 saturated heterocycles. The Hall–Kier alpha value is -2.47. The second kappa shape index (κ2) is 7.51. The number of rotatable bonds is 3. The van der Waals surface area contributed by atoms with Gasteiger partial charge in [-0.3, -0.25) is 9.88 Å². The van der Waals surface area contributed by atoms with E-state index in [2.05, 4.69) is 4.98 Å². The zero-order valence-corrected chi connectivity index (χ0v) is 17.0. The van der Waals surface area contributed by atoms with Crippen LogP contribution in [0.5, 0.6) is 0 Å². The number of benzene rings is 1. The number of pyridine rings is 1. The fraction of sp³-hybridized carbons (Fsp3) is 0.455. The molecule has 1 amide bonds. The van der Waals surface area contributed by atoms with Crippen molar-refractivity contribution in [3.8, 4) is 11.1 Å². The number of ether oxygens (including phenoxy) is 2. The predicted molar refractivity (Wildman–Crippen MR) is 105 cm³/mol. The summed E-state index contributed by atoms with van der Waals surface area (Å²) in [5, 5.41) is 0. The highest BCUT2D eigenvalue weighted by Gasteiger charge is 2.51. The van der Waals surface area contributed by atoms with Crippen molar-refractivity contribution >= 4 is 6.09 Å². The summed E-state index contributed by atoms with van der Waals surface area (Å²) in [6.45, 7) is 8.14. The van der Waals surface area contributed by atoms with Crippen molar-refractivity contribution in [2.45, 2.75) is 58.1 Å². The van der Waals surface area contributed by atoms with Crippen LogP contribution in [0.3, 0.4) is 0 Å². The summed E-state index contributed by atoms with van der Waals surface area (Å²) in [6, 6.07) is 10.8. The molecule has 0 N–H and O–H groups in total. The number of hydrogen-bond donors (Lipinski definition) is 0. The van der Waals surface area contributed by atoms with Crippen LogP contribution >= 0.6 is 0 Å². The molecule has 0 spiro atoms. The summed E-state index contributed by atoms with van der Waals surface area (Å²) in [5.74, 6) is 0. The number of hydrogen-bond acceptors (Lipinski definition) is 4. The van der Waals surface area contributed by atoms with Crippen molar-refractivity contribution < 1.29 is 18.7 Å². The van der Waals surface area contributed by atoms with Crippen LogP contribution in [-0.2, 0) is 9.47 Å². The van der Waals surface area contributed by atoms with Gasteiger partial charge >= 0.3 is 6.09 Å². The maximum absolute atomic E-state index is 14.0. The van der Waals surface area contributed by atoms with Gasteiger partial charge in [0.2, 0.25) is 0 Å². The Morgan fingerprint density at radius 1 is 1.21 bits per heavy atom. The minimum Gasteiger partial charge on any atom is -0.444 e. The van der Waals surface area contributed by atoms with Crippen LogP contribution in [0.25, 0.3) is 11.1 Å². The normalized spacial score (nSPS) is 21.6. The van der Waals surface area contributed by atoms with Crippen LogP contribution in [0, 0.1) is 0 Å². The third-order valence-electron chi connectivity index (χ3n) is 4.66.